The molecule has 6 aromatic rings. The summed E-state index contributed by atoms with van der Waals surface area (Å²) in [5.74, 6) is -0.888. The molecule has 6 aliphatic rings. The molecule has 2 amide bonds. The first-order chi connectivity index (χ1) is 36.6. The van der Waals surface area contributed by atoms with Crippen LogP contribution >= 0.6 is 10.7 Å². The number of hydrogen-bond acceptors (Lipinski definition) is 15. The fourth-order valence-corrected chi connectivity index (χ4v) is 14.9. The lowest BCUT2D eigenvalue weighted by atomic mass is 9.93. The van der Waals surface area contributed by atoms with Crippen LogP contribution < -0.4 is 10.6 Å². The summed E-state index contributed by atoms with van der Waals surface area (Å²) in [4.78, 5) is 38.3. The molecule has 19 nitrogen and oxygen atoms in total. The second-order valence-corrected chi connectivity index (χ2v) is 28.2. The van der Waals surface area contributed by atoms with E-state index >= 15 is 0 Å². The van der Waals surface area contributed by atoms with Gasteiger partial charge in [-0.3, -0.25) is 15.0 Å². The predicted molar refractivity (Wildman–Crippen MR) is 284 cm³/mol. The van der Waals surface area contributed by atoms with E-state index in [4.69, 9.17) is 20.2 Å². The molecule has 3 aromatic carbocycles. The molecule has 6 saturated heterocycles. The quantitative estimate of drug-likeness (QED) is 0.171. The van der Waals surface area contributed by atoms with E-state index in [0.717, 1.165) is 44.8 Å². The molecule has 26 heteroatoms. The maximum atomic E-state index is 14.3. The first-order valence-corrected chi connectivity index (χ1v) is 30.3. The number of ether oxygens (including phenoxy) is 2. The van der Waals surface area contributed by atoms with E-state index in [1.807, 2.05) is 25.7 Å². The molecule has 0 spiro atoms. The van der Waals surface area contributed by atoms with E-state index in [0.29, 0.717) is 60.2 Å². The van der Waals surface area contributed by atoms with Crippen LogP contribution in [0.4, 0.5) is 22.8 Å². The van der Waals surface area contributed by atoms with Crippen LogP contribution in [0.15, 0.2) is 106 Å². The van der Waals surface area contributed by atoms with Gasteiger partial charge in [0.15, 0.2) is 17.5 Å². The van der Waals surface area contributed by atoms with Gasteiger partial charge in [-0.1, -0.05) is 36.4 Å². The summed E-state index contributed by atoms with van der Waals surface area (Å²) < 4.78 is 130. The Bertz CT molecular complexity index is 3620. The molecule has 0 bridgehead atoms. The summed E-state index contributed by atoms with van der Waals surface area (Å²) in [5.41, 5.74) is -0.991. The molecule has 6 aliphatic heterocycles. The molecule has 9 heterocycles. The molecule has 78 heavy (non-hydrogen) atoms. The third-order valence-corrected chi connectivity index (χ3v) is 19.4. The van der Waals surface area contributed by atoms with Crippen molar-refractivity contribution in [2.24, 2.45) is 17.8 Å². The zero-order chi connectivity index (χ0) is 56.3. The van der Waals surface area contributed by atoms with Gasteiger partial charge in [-0.15, -0.1) is 0 Å². The number of fused-ring (bicyclic) bond motifs is 6. The Kier molecular flexibility index (Phi) is 15.8. The van der Waals surface area contributed by atoms with Crippen molar-refractivity contribution in [1.29, 1.82) is 0 Å². The van der Waals surface area contributed by atoms with Crippen LogP contribution in [0, 0.1) is 35.2 Å². The van der Waals surface area contributed by atoms with Gasteiger partial charge in [0.1, 0.15) is 11.2 Å². The molecular weight excluding hydrogens is 1100 g/mol. The highest BCUT2D eigenvalue weighted by molar-refractivity contribution is 8.14. The van der Waals surface area contributed by atoms with Crippen molar-refractivity contribution < 1.29 is 57.5 Å². The first kappa shape index (κ1) is 56.9. The number of halogens is 4. The van der Waals surface area contributed by atoms with Crippen molar-refractivity contribution in [1.82, 2.24) is 44.0 Å². The minimum atomic E-state index is -3.95. The van der Waals surface area contributed by atoms with Crippen molar-refractivity contribution in [3.63, 3.8) is 0 Å². The number of rotatable bonds is 5. The number of hydrogen-bond donors (Lipinski definition) is 2. The monoisotopic (exact) mass is 1160 g/mol. The number of nitrogens with one attached hydrogen (secondary N) is 2. The number of aromatic nitrogens is 3. The van der Waals surface area contributed by atoms with Crippen LogP contribution in [0.2, 0.25) is 0 Å². The highest BCUT2D eigenvalue weighted by Gasteiger charge is 2.52. The molecule has 0 radical (unpaired) electrons. The summed E-state index contributed by atoms with van der Waals surface area (Å²) in [6.45, 7) is 16.6. The molecule has 0 saturated carbocycles. The summed E-state index contributed by atoms with van der Waals surface area (Å²) in [5, 5.41) is 7.97. The van der Waals surface area contributed by atoms with Crippen LogP contribution in [0.25, 0.3) is 32.3 Å². The summed E-state index contributed by atoms with van der Waals surface area (Å²) >= 11 is 0. The number of carbonyl (C=O) groups is 2. The molecule has 0 aliphatic carbocycles. The van der Waals surface area contributed by atoms with E-state index < -0.39 is 58.2 Å². The SMILES string of the molecule is CC(C)(C)OC(=O)N1C[C@@H]2CN(S(=O)(=O)c3cccc4cncc(F)c34)C[C@@H]21.CC(C)(C)OC(=O)N1C[C@@H]2CNC[C@@H]21.O=S(=O)(Cl)c1cccc2cncc(F)c12.O=S(=O)(c1cccc2cncc(F)c12)N1C[C@H]2CN[C@H]2C1. The highest BCUT2D eigenvalue weighted by atomic mass is 35.7. The van der Waals surface area contributed by atoms with Crippen LogP contribution in [-0.2, 0) is 38.6 Å². The molecule has 418 valence electrons. The Labute approximate surface area is 454 Å². The van der Waals surface area contributed by atoms with Crippen molar-refractivity contribution in [2.75, 3.05) is 58.9 Å². The third-order valence-electron chi connectivity index (χ3n) is 14.2. The van der Waals surface area contributed by atoms with Gasteiger partial charge in [0, 0.05) is 144 Å². The van der Waals surface area contributed by atoms with E-state index in [-0.39, 0.29) is 67.1 Å². The number of benzene rings is 3. The first-order valence-electron chi connectivity index (χ1n) is 25.1. The molecule has 12 rings (SSSR count). The Morgan fingerprint density at radius 3 is 1.37 bits per heavy atom. The summed E-state index contributed by atoms with van der Waals surface area (Å²) in [6.07, 6.45) is 6.72. The van der Waals surface area contributed by atoms with Gasteiger partial charge in [-0.05, 0) is 59.7 Å². The number of nitrogens with zero attached hydrogens (tertiary/aromatic N) is 7. The van der Waals surface area contributed by atoms with E-state index in [1.165, 1.54) is 51.5 Å². The van der Waals surface area contributed by atoms with E-state index in [1.54, 1.807) is 56.0 Å². The van der Waals surface area contributed by atoms with Gasteiger partial charge in [-0.25, -0.2) is 48.0 Å². The Morgan fingerprint density at radius 1 is 0.538 bits per heavy atom. The number of carbonyl (C=O) groups excluding carboxylic acids is 2. The van der Waals surface area contributed by atoms with Gasteiger partial charge in [0.05, 0.1) is 45.4 Å². The largest absolute Gasteiger partial charge is 0.444 e. The number of likely N-dealkylation sites (tertiary alicyclic amines) is 2. The standard InChI is InChI=1S/C19H22FN3O4S.C14H14FN3O2S.C10H18N2O2.C9H5ClFNO2S/c1-19(2,3)27-18(24)23-10-13-9-22(11-15(13)23)28(25,26)16-6-4-5-12-7-21-8-14(20)17(12)16;15-11-6-16-4-9-2-1-3-13(14(9)11)21(19,20)18-7-10-5-17-12(10)8-18;1-10(2,3)14-9(13)12-6-7-4-11-5-8(7)12;10-15(13,14)8-3-1-2-6-4-12-5-7(11)9(6)8/h4-8,13,15H,9-11H2,1-3H3;1-4,6,10,12,17H,5,7-8H2;7-8,11H,4-6H2,1-3H3;1-5H/t13-,15-;10-,12+;7-,8-;/m010./s1. The van der Waals surface area contributed by atoms with Crippen LogP contribution in [-0.4, -0.2) is 159 Å². The fourth-order valence-electron chi connectivity index (χ4n) is 10.4. The smallest absolute Gasteiger partial charge is 0.410 e. The Balaban J connectivity index is 0.000000132. The van der Waals surface area contributed by atoms with Crippen molar-refractivity contribution in [3.05, 3.63) is 109 Å². The summed E-state index contributed by atoms with van der Waals surface area (Å²) in [7, 11) is -6.35. The van der Waals surface area contributed by atoms with Gasteiger partial charge in [-0.2, -0.15) is 8.61 Å². The highest BCUT2D eigenvalue weighted by Crippen LogP contribution is 2.39. The fraction of sp³-hybridized carbons (Fsp3) is 0.442. The van der Waals surface area contributed by atoms with E-state index in [2.05, 4.69) is 25.6 Å². The molecule has 3 aromatic heterocycles. The van der Waals surface area contributed by atoms with Crippen molar-refractivity contribution >= 4 is 84.3 Å². The lowest BCUT2D eigenvalue weighted by Crippen LogP contribution is -2.59. The van der Waals surface area contributed by atoms with Crippen LogP contribution in [0.1, 0.15) is 41.5 Å². The van der Waals surface area contributed by atoms with Gasteiger partial charge in [0.2, 0.25) is 20.0 Å². The minimum Gasteiger partial charge on any atom is -0.444 e. The Hall–Kier alpha value is -5.80. The number of sulfonamides is 2. The van der Waals surface area contributed by atoms with Crippen molar-refractivity contribution in [2.45, 2.75) is 85.6 Å². The molecule has 6 atom stereocenters. The van der Waals surface area contributed by atoms with Gasteiger partial charge >= 0.3 is 12.2 Å². The Morgan fingerprint density at radius 2 is 0.962 bits per heavy atom. The normalized spacial score (nSPS) is 22.9. The zero-order valence-corrected chi connectivity index (χ0v) is 46.6. The molecule has 0 unspecified atom stereocenters. The van der Waals surface area contributed by atoms with Crippen molar-refractivity contribution in [3.8, 4) is 0 Å². The van der Waals surface area contributed by atoms with Gasteiger partial charge < -0.3 is 29.9 Å². The maximum absolute atomic E-state index is 14.3. The van der Waals surface area contributed by atoms with E-state index in [9.17, 15) is 48.0 Å². The topological polar surface area (TPSA) is 231 Å². The summed E-state index contributed by atoms with van der Waals surface area (Å²) in [6, 6.07) is 14.1. The average Bonchev–Trinajstić information content (AvgIpc) is 4.12. The molecule has 2 N–H and O–H groups in total. The van der Waals surface area contributed by atoms with Crippen LogP contribution in [0.3, 0.4) is 0 Å². The zero-order valence-electron chi connectivity index (χ0n) is 43.4. The average molecular weight is 1160 g/mol. The lowest BCUT2D eigenvalue weighted by Gasteiger charge is -2.43. The second-order valence-electron chi connectivity index (χ2n) is 21.9. The minimum absolute atomic E-state index is 0.0255. The lowest BCUT2D eigenvalue weighted by molar-refractivity contribution is -0.0172. The number of amides is 2. The third kappa shape index (κ3) is 11.7. The predicted octanol–water partition coefficient (Wildman–Crippen LogP) is 6.71. The number of pyridine rings is 3. The van der Waals surface area contributed by atoms with Gasteiger partial charge in [0.25, 0.3) is 9.05 Å². The second kappa shape index (κ2) is 21.7. The molecular formula is C52H59ClF3N9O10S3. The molecule has 6 fully saturated rings. The van der Waals surface area contributed by atoms with Crippen LogP contribution in [0.5, 0.6) is 0 Å². The maximum Gasteiger partial charge on any atom is 0.410 e.